The minimum absolute atomic E-state index is 0.296. The fourth-order valence-electron chi connectivity index (χ4n) is 3.08. The van der Waals surface area contributed by atoms with Crippen molar-refractivity contribution in [1.82, 2.24) is 20.2 Å². The van der Waals surface area contributed by atoms with Gasteiger partial charge in [-0.3, -0.25) is 0 Å². The SMILES string of the molecule is Fc1ccc(Nc2nc3c(-c4nnc[nH]4)cccc3c3ccsc23)c(Cl)c1. The number of halogens is 2. The molecule has 0 fully saturated rings. The quantitative estimate of drug-likeness (QED) is 0.407. The molecule has 5 rings (SSSR count). The number of hydrogen-bond acceptors (Lipinski definition) is 5. The summed E-state index contributed by atoms with van der Waals surface area (Å²) >= 11 is 7.77. The molecular formula is C19H11ClFN5S. The summed E-state index contributed by atoms with van der Waals surface area (Å²) in [7, 11) is 0. The largest absolute Gasteiger partial charge is 0.338 e. The minimum atomic E-state index is -0.383. The summed E-state index contributed by atoms with van der Waals surface area (Å²) in [5.74, 6) is 0.923. The first-order chi connectivity index (χ1) is 13.2. The maximum absolute atomic E-state index is 13.4. The van der Waals surface area contributed by atoms with Crippen LogP contribution in [-0.2, 0) is 0 Å². The Bertz CT molecular complexity index is 1280. The number of pyridine rings is 1. The Morgan fingerprint density at radius 3 is 2.85 bits per heavy atom. The topological polar surface area (TPSA) is 66.5 Å². The van der Waals surface area contributed by atoms with Gasteiger partial charge in [0.1, 0.15) is 18.0 Å². The Morgan fingerprint density at radius 1 is 1.11 bits per heavy atom. The number of rotatable bonds is 3. The standard InChI is InChI=1S/C19H11ClFN5S/c20-14-8-10(21)4-5-15(14)24-19-17-12(6-7-27-17)11-2-1-3-13(16(11)25-19)18-22-9-23-26-18/h1-9H,(H,24,25)(H,22,23,26). The number of nitrogens with zero attached hydrogens (tertiary/aromatic N) is 3. The number of hydrogen-bond donors (Lipinski definition) is 2. The highest BCUT2D eigenvalue weighted by Crippen LogP contribution is 2.38. The van der Waals surface area contributed by atoms with Crippen LogP contribution in [0.5, 0.6) is 0 Å². The Balaban J connectivity index is 1.76. The molecule has 0 unspecified atom stereocenters. The van der Waals surface area contributed by atoms with E-state index in [1.54, 1.807) is 17.4 Å². The molecule has 2 aromatic carbocycles. The summed E-state index contributed by atoms with van der Waals surface area (Å²) in [5, 5.41) is 15.6. The van der Waals surface area contributed by atoms with Crippen LogP contribution < -0.4 is 5.32 Å². The van der Waals surface area contributed by atoms with Gasteiger partial charge < -0.3 is 10.3 Å². The predicted molar refractivity (Wildman–Crippen MR) is 107 cm³/mol. The molecule has 0 bridgehead atoms. The molecule has 5 nitrogen and oxygen atoms in total. The summed E-state index contributed by atoms with van der Waals surface area (Å²) in [6.45, 7) is 0. The Morgan fingerprint density at radius 2 is 2.04 bits per heavy atom. The van der Waals surface area contributed by atoms with E-state index in [-0.39, 0.29) is 5.82 Å². The number of anilines is 2. The van der Waals surface area contributed by atoms with E-state index >= 15 is 0 Å². The fourth-order valence-corrected chi connectivity index (χ4v) is 4.15. The van der Waals surface area contributed by atoms with Crippen molar-refractivity contribution in [3.8, 4) is 11.4 Å². The smallest absolute Gasteiger partial charge is 0.163 e. The van der Waals surface area contributed by atoms with Crippen LogP contribution in [0.25, 0.3) is 32.4 Å². The van der Waals surface area contributed by atoms with E-state index < -0.39 is 0 Å². The zero-order valence-corrected chi connectivity index (χ0v) is 15.3. The van der Waals surface area contributed by atoms with Crippen LogP contribution in [-0.4, -0.2) is 20.2 Å². The molecule has 0 atom stereocenters. The number of benzene rings is 2. The van der Waals surface area contributed by atoms with E-state index in [4.69, 9.17) is 16.6 Å². The van der Waals surface area contributed by atoms with Gasteiger partial charge in [-0.05, 0) is 35.7 Å². The van der Waals surface area contributed by atoms with E-state index in [9.17, 15) is 4.39 Å². The fraction of sp³-hybridized carbons (Fsp3) is 0. The molecule has 0 spiro atoms. The van der Waals surface area contributed by atoms with Gasteiger partial charge in [0.05, 0.1) is 20.9 Å². The molecule has 0 aliphatic heterocycles. The summed E-state index contributed by atoms with van der Waals surface area (Å²) in [4.78, 5) is 7.88. The molecule has 3 heterocycles. The molecule has 8 heteroatoms. The number of aromatic amines is 1. The van der Waals surface area contributed by atoms with E-state index in [0.29, 0.717) is 22.4 Å². The number of H-pyrrole nitrogens is 1. The van der Waals surface area contributed by atoms with Crippen molar-refractivity contribution in [3.63, 3.8) is 0 Å². The number of fused-ring (bicyclic) bond motifs is 3. The Kier molecular flexibility index (Phi) is 3.77. The van der Waals surface area contributed by atoms with E-state index in [2.05, 4.69) is 26.6 Å². The monoisotopic (exact) mass is 395 g/mol. The highest BCUT2D eigenvalue weighted by atomic mass is 35.5. The van der Waals surface area contributed by atoms with Crippen molar-refractivity contribution in [1.29, 1.82) is 0 Å². The number of aromatic nitrogens is 4. The highest BCUT2D eigenvalue weighted by Gasteiger charge is 2.15. The molecule has 0 radical (unpaired) electrons. The van der Waals surface area contributed by atoms with Gasteiger partial charge in [-0.2, -0.15) is 0 Å². The summed E-state index contributed by atoms with van der Waals surface area (Å²) in [6, 6.07) is 12.3. The van der Waals surface area contributed by atoms with Crippen molar-refractivity contribution in [3.05, 3.63) is 65.0 Å². The lowest BCUT2D eigenvalue weighted by Gasteiger charge is -2.12. The van der Waals surface area contributed by atoms with Crippen molar-refractivity contribution >= 4 is 55.4 Å². The van der Waals surface area contributed by atoms with Crippen LogP contribution in [0.3, 0.4) is 0 Å². The van der Waals surface area contributed by atoms with Gasteiger partial charge in [0, 0.05) is 16.3 Å². The van der Waals surface area contributed by atoms with Gasteiger partial charge >= 0.3 is 0 Å². The third-order valence-electron chi connectivity index (χ3n) is 4.29. The maximum atomic E-state index is 13.4. The molecule has 0 aliphatic carbocycles. The molecule has 0 saturated carbocycles. The average molecular weight is 396 g/mol. The summed E-state index contributed by atoms with van der Waals surface area (Å²) in [5.41, 5.74) is 2.24. The lowest BCUT2D eigenvalue weighted by molar-refractivity contribution is 0.628. The van der Waals surface area contributed by atoms with Gasteiger partial charge in [-0.15, -0.1) is 21.5 Å². The summed E-state index contributed by atoms with van der Waals surface area (Å²) < 4.78 is 14.4. The van der Waals surface area contributed by atoms with Gasteiger partial charge in [0.15, 0.2) is 5.82 Å². The average Bonchev–Trinajstić information content (AvgIpc) is 3.35. The molecule has 2 N–H and O–H groups in total. The molecule has 0 aliphatic rings. The van der Waals surface area contributed by atoms with Crippen LogP contribution in [0.1, 0.15) is 0 Å². The molecule has 5 aromatic rings. The maximum Gasteiger partial charge on any atom is 0.163 e. The van der Waals surface area contributed by atoms with E-state index in [1.165, 1.54) is 18.5 Å². The van der Waals surface area contributed by atoms with Crippen LogP contribution in [0.15, 0.2) is 54.2 Å². The lowest BCUT2D eigenvalue weighted by atomic mass is 10.1. The molecule has 0 saturated heterocycles. The first kappa shape index (κ1) is 16.2. The van der Waals surface area contributed by atoms with E-state index in [0.717, 1.165) is 26.6 Å². The second-order valence-corrected chi connectivity index (χ2v) is 7.24. The van der Waals surface area contributed by atoms with Crippen molar-refractivity contribution in [2.45, 2.75) is 0 Å². The Hall–Kier alpha value is -3.03. The zero-order chi connectivity index (χ0) is 18.4. The molecule has 0 amide bonds. The predicted octanol–water partition coefficient (Wildman–Crippen LogP) is 5.77. The van der Waals surface area contributed by atoms with Crippen LogP contribution >= 0.6 is 22.9 Å². The van der Waals surface area contributed by atoms with Gasteiger partial charge in [-0.25, -0.2) is 9.37 Å². The van der Waals surface area contributed by atoms with Crippen LogP contribution in [0.4, 0.5) is 15.9 Å². The molecule has 27 heavy (non-hydrogen) atoms. The molecule has 132 valence electrons. The third-order valence-corrected chi connectivity index (χ3v) is 5.52. The first-order valence-electron chi connectivity index (χ1n) is 8.09. The van der Waals surface area contributed by atoms with Gasteiger partial charge in [-0.1, -0.05) is 23.7 Å². The lowest BCUT2D eigenvalue weighted by Crippen LogP contribution is -1.97. The van der Waals surface area contributed by atoms with Crippen molar-refractivity contribution in [2.75, 3.05) is 5.32 Å². The van der Waals surface area contributed by atoms with Crippen LogP contribution in [0, 0.1) is 5.82 Å². The third kappa shape index (κ3) is 2.72. The van der Waals surface area contributed by atoms with Gasteiger partial charge in [0.25, 0.3) is 0 Å². The van der Waals surface area contributed by atoms with Crippen molar-refractivity contribution < 1.29 is 4.39 Å². The number of para-hydroxylation sites is 1. The second kappa shape index (κ2) is 6.29. The Labute approximate surface area is 161 Å². The first-order valence-corrected chi connectivity index (χ1v) is 9.35. The minimum Gasteiger partial charge on any atom is -0.338 e. The normalized spacial score (nSPS) is 11.3. The summed E-state index contributed by atoms with van der Waals surface area (Å²) in [6.07, 6.45) is 1.54. The number of thiophene rings is 1. The molecule has 3 aromatic heterocycles. The highest BCUT2D eigenvalue weighted by molar-refractivity contribution is 7.18. The second-order valence-electron chi connectivity index (χ2n) is 5.91. The van der Waals surface area contributed by atoms with E-state index in [1.807, 2.05) is 23.6 Å². The van der Waals surface area contributed by atoms with Crippen molar-refractivity contribution in [2.24, 2.45) is 0 Å². The zero-order valence-electron chi connectivity index (χ0n) is 13.7. The van der Waals surface area contributed by atoms with Crippen LogP contribution in [0.2, 0.25) is 5.02 Å². The molecular weight excluding hydrogens is 385 g/mol. The van der Waals surface area contributed by atoms with Gasteiger partial charge in [0.2, 0.25) is 0 Å². The number of nitrogens with one attached hydrogen (secondary N) is 2.